The number of rotatable bonds is 8. The first-order valence-corrected chi connectivity index (χ1v) is 12.2. The number of aromatic nitrogens is 1. The Morgan fingerprint density at radius 2 is 2.13 bits per heavy atom. The molecule has 0 saturated carbocycles. The molecule has 0 radical (unpaired) electrons. The van der Waals surface area contributed by atoms with Crippen molar-refractivity contribution < 1.29 is 23.1 Å². The van der Waals surface area contributed by atoms with E-state index in [4.69, 9.17) is 9.84 Å². The second-order valence-corrected chi connectivity index (χ2v) is 10.4. The van der Waals surface area contributed by atoms with E-state index in [0.717, 1.165) is 16.0 Å². The van der Waals surface area contributed by atoms with Crippen molar-refractivity contribution in [3.05, 3.63) is 60.4 Å². The molecular weight excluding hydrogens is 436 g/mol. The van der Waals surface area contributed by atoms with Crippen LogP contribution in [0, 0.1) is 0 Å². The Bertz CT molecular complexity index is 1190. The molecule has 1 unspecified atom stereocenters. The summed E-state index contributed by atoms with van der Waals surface area (Å²) in [5.41, 5.74) is 2.24. The van der Waals surface area contributed by atoms with Crippen LogP contribution < -0.4 is 9.04 Å². The summed E-state index contributed by atoms with van der Waals surface area (Å²) in [5, 5.41) is 9.12. The minimum Gasteiger partial charge on any atom is -0.494 e. The number of benzene rings is 1. The SMILES string of the molecule is CCOc1ccc2c(c1)C(CCC(=O)O)CN2S(=O)(=O)c1ccc(-c2cccnc2)s1. The summed E-state index contributed by atoms with van der Waals surface area (Å²) < 4.78 is 34.2. The van der Waals surface area contributed by atoms with Gasteiger partial charge in [0.2, 0.25) is 0 Å². The van der Waals surface area contributed by atoms with Crippen LogP contribution >= 0.6 is 11.3 Å². The number of hydrogen-bond donors (Lipinski definition) is 1. The molecule has 7 nitrogen and oxygen atoms in total. The second kappa shape index (κ2) is 8.68. The summed E-state index contributed by atoms with van der Waals surface area (Å²) in [7, 11) is -3.79. The third-order valence-corrected chi connectivity index (χ3v) is 8.56. The first-order chi connectivity index (χ1) is 14.9. The lowest BCUT2D eigenvalue weighted by molar-refractivity contribution is -0.137. The van der Waals surface area contributed by atoms with E-state index in [2.05, 4.69) is 4.98 Å². The molecule has 0 aliphatic carbocycles. The van der Waals surface area contributed by atoms with Crippen LogP contribution in [0.5, 0.6) is 5.75 Å². The number of thiophene rings is 1. The van der Waals surface area contributed by atoms with Gasteiger partial charge in [-0.2, -0.15) is 0 Å². The number of nitrogens with zero attached hydrogens (tertiary/aromatic N) is 2. The van der Waals surface area contributed by atoms with Crippen molar-refractivity contribution in [1.29, 1.82) is 0 Å². The number of pyridine rings is 1. The van der Waals surface area contributed by atoms with Crippen LogP contribution in [0.4, 0.5) is 5.69 Å². The van der Waals surface area contributed by atoms with Crippen molar-refractivity contribution in [3.8, 4) is 16.2 Å². The summed E-state index contributed by atoms with van der Waals surface area (Å²) >= 11 is 1.20. The highest BCUT2D eigenvalue weighted by atomic mass is 32.2. The van der Waals surface area contributed by atoms with E-state index in [9.17, 15) is 13.2 Å². The molecule has 1 aliphatic heterocycles. The number of ether oxygens (including phenoxy) is 1. The largest absolute Gasteiger partial charge is 0.494 e. The van der Waals surface area contributed by atoms with Gasteiger partial charge in [0.25, 0.3) is 10.0 Å². The fourth-order valence-corrected chi connectivity index (χ4v) is 6.69. The Morgan fingerprint density at radius 3 is 2.84 bits per heavy atom. The van der Waals surface area contributed by atoms with E-state index in [0.29, 0.717) is 24.5 Å². The van der Waals surface area contributed by atoms with Crippen LogP contribution in [0.2, 0.25) is 0 Å². The molecule has 2 aromatic heterocycles. The summed E-state index contributed by atoms with van der Waals surface area (Å²) in [6, 6.07) is 12.4. The van der Waals surface area contributed by atoms with Gasteiger partial charge in [-0.25, -0.2) is 8.42 Å². The van der Waals surface area contributed by atoms with Gasteiger partial charge < -0.3 is 9.84 Å². The number of anilines is 1. The summed E-state index contributed by atoms with van der Waals surface area (Å²) in [4.78, 5) is 16.0. The molecule has 31 heavy (non-hydrogen) atoms. The lowest BCUT2D eigenvalue weighted by Crippen LogP contribution is -2.29. The van der Waals surface area contributed by atoms with Crippen molar-refractivity contribution in [3.63, 3.8) is 0 Å². The minimum absolute atomic E-state index is 0.0268. The highest BCUT2D eigenvalue weighted by Gasteiger charge is 2.37. The van der Waals surface area contributed by atoms with Crippen molar-refractivity contribution in [2.45, 2.75) is 29.9 Å². The van der Waals surface area contributed by atoms with E-state index >= 15 is 0 Å². The number of sulfonamides is 1. The van der Waals surface area contributed by atoms with Crippen molar-refractivity contribution in [2.24, 2.45) is 0 Å². The zero-order valence-electron chi connectivity index (χ0n) is 16.9. The van der Waals surface area contributed by atoms with Crippen molar-refractivity contribution in [2.75, 3.05) is 17.5 Å². The van der Waals surface area contributed by atoms with E-state index in [1.54, 1.807) is 36.7 Å². The summed E-state index contributed by atoms with van der Waals surface area (Å²) in [6.07, 6.45) is 3.70. The van der Waals surface area contributed by atoms with Crippen LogP contribution in [0.25, 0.3) is 10.4 Å². The van der Waals surface area contributed by atoms with E-state index < -0.39 is 16.0 Å². The molecule has 0 saturated heterocycles. The first-order valence-electron chi connectivity index (χ1n) is 9.91. The lowest BCUT2D eigenvalue weighted by Gasteiger charge is -2.19. The summed E-state index contributed by atoms with van der Waals surface area (Å²) in [5.74, 6) is -0.460. The lowest BCUT2D eigenvalue weighted by atomic mass is 9.96. The molecule has 9 heteroatoms. The average molecular weight is 459 g/mol. The Hall–Kier alpha value is -2.91. The molecule has 1 atom stereocenters. The Labute approximate surface area is 185 Å². The fraction of sp³-hybridized carbons (Fsp3) is 0.273. The first kappa shape index (κ1) is 21.3. The van der Waals surface area contributed by atoms with Crippen molar-refractivity contribution in [1.82, 2.24) is 4.98 Å². The molecule has 162 valence electrons. The van der Waals surface area contributed by atoms with Gasteiger partial charge in [0.05, 0.1) is 12.3 Å². The molecule has 1 aliphatic rings. The Morgan fingerprint density at radius 1 is 1.29 bits per heavy atom. The molecule has 4 rings (SSSR count). The fourth-order valence-electron chi connectivity index (χ4n) is 3.74. The number of fused-ring (bicyclic) bond motifs is 1. The van der Waals surface area contributed by atoms with Crippen LogP contribution in [0.3, 0.4) is 0 Å². The number of carboxylic acid groups (broad SMARTS) is 1. The predicted molar refractivity (Wildman–Crippen MR) is 119 cm³/mol. The van der Waals surface area contributed by atoms with Crippen molar-refractivity contribution >= 4 is 33.0 Å². The topological polar surface area (TPSA) is 96.8 Å². The van der Waals surface area contributed by atoms with Gasteiger partial charge in [0, 0.05) is 41.7 Å². The summed E-state index contributed by atoms with van der Waals surface area (Å²) in [6.45, 7) is 2.58. The maximum Gasteiger partial charge on any atom is 0.303 e. The highest BCUT2D eigenvalue weighted by molar-refractivity contribution is 7.94. The quantitative estimate of drug-likeness (QED) is 0.539. The monoisotopic (exact) mass is 458 g/mol. The zero-order valence-corrected chi connectivity index (χ0v) is 18.5. The highest BCUT2D eigenvalue weighted by Crippen LogP contribution is 2.44. The minimum atomic E-state index is -3.79. The maximum absolute atomic E-state index is 13.5. The normalized spacial score (nSPS) is 15.6. The molecule has 0 amide bonds. The zero-order chi connectivity index (χ0) is 22.0. The van der Waals surface area contributed by atoms with Gasteiger partial charge >= 0.3 is 5.97 Å². The van der Waals surface area contributed by atoms with Crippen LogP contribution in [-0.2, 0) is 14.8 Å². The maximum atomic E-state index is 13.5. The number of carboxylic acids is 1. The van der Waals surface area contributed by atoms with E-state index in [-0.39, 0.29) is 23.1 Å². The molecule has 1 aromatic carbocycles. The van der Waals surface area contributed by atoms with E-state index in [1.807, 2.05) is 25.1 Å². The standard InChI is InChI=1S/C22H22N2O5S2/c1-2-29-17-6-7-19-18(12-17)16(5-9-21(25)26)14-24(19)31(27,28)22-10-8-20(30-22)15-4-3-11-23-13-15/h3-4,6-8,10-13,16H,2,5,9,14H2,1H3,(H,25,26). The number of carbonyl (C=O) groups is 1. The third kappa shape index (κ3) is 4.28. The number of hydrogen-bond acceptors (Lipinski definition) is 6. The Balaban J connectivity index is 1.69. The molecule has 0 spiro atoms. The van der Waals surface area contributed by atoms with E-state index in [1.165, 1.54) is 15.6 Å². The molecule has 1 N–H and O–H groups in total. The second-order valence-electron chi connectivity index (χ2n) is 7.18. The van der Waals surface area contributed by atoms with Crippen LogP contribution in [-0.4, -0.2) is 37.6 Å². The molecule has 3 heterocycles. The van der Waals surface area contributed by atoms with Gasteiger partial charge in [0.1, 0.15) is 9.96 Å². The molecule has 0 fully saturated rings. The number of aliphatic carboxylic acids is 1. The van der Waals surface area contributed by atoms with Gasteiger partial charge in [-0.3, -0.25) is 14.1 Å². The average Bonchev–Trinajstić information content (AvgIpc) is 3.39. The molecule has 3 aromatic rings. The van der Waals surface area contributed by atoms with Gasteiger partial charge in [-0.05, 0) is 55.3 Å². The predicted octanol–water partition coefficient (Wildman–Crippen LogP) is 4.37. The van der Waals surface area contributed by atoms with Gasteiger partial charge in [0.15, 0.2) is 0 Å². The van der Waals surface area contributed by atoms with Gasteiger partial charge in [-0.1, -0.05) is 6.07 Å². The molecule has 0 bridgehead atoms. The Kier molecular flexibility index (Phi) is 5.97. The van der Waals surface area contributed by atoms with Crippen LogP contribution in [0.15, 0.2) is 59.1 Å². The van der Waals surface area contributed by atoms with Crippen LogP contribution in [0.1, 0.15) is 31.2 Å². The molecular formula is C22H22N2O5S2. The van der Waals surface area contributed by atoms with Gasteiger partial charge in [-0.15, -0.1) is 11.3 Å². The smallest absolute Gasteiger partial charge is 0.303 e. The third-order valence-electron chi connectivity index (χ3n) is 5.18.